The van der Waals surface area contributed by atoms with E-state index in [1.54, 1.807) is 12.4 Å². The Hall–Kier alpha value is -2.49. The molecule has 4 heteroatoms. The molecule has 3 aromatic rings. The Morgan fingerprint density at radius 3 is 2.61 bits per heavy atom. The number of pyridine rings is 1. The molecule has 0 N–H and O–H groups in total. The molecule has 0 bridgehead atoms. The number of rotatable bonds is 3. The number of hydrogen-bond acceptors (Lipinski definition) is 3. The van der Waals surface area contributed by atoms with Gasteiger partial charge in [-0.3, -0.25) is 4.79 Å². The number of nitrogens with zero attached hydrogens (tertiary/aromatic N) is 3. The summed E-state index contributed by atoms with van der Waals surface area (Å²) < 4.78 is 2.00. The molecule has 23 heavy (non-hydrogen) atoms. The molecule has 2 heterocycles. The molecule has 0 radical (unpaired) electrons. The second-order valence-electron chi connectivity index (χ2n) is 6.18. The Bertz CT molecular complexity index is 937. The van der Waals surface area contributed by atoms with Crippen molar-refractivity contribution in [1.29, 1.82) is 0 Å². The molecule has 1 aliphatic rings. The Morgan fingerprint density at radius 1 is 1.22 bits per heavy atom. The maximum absolute atomic E-state index is 13.2. The molecule has 1 aromatic carbocycles. The number of benzene rings is 1. The van der Waals surface area contributed by atoms with E-state index < -0.39 is 0 Å². The largest absolute Gasteiger partial charge is 0.309 e. The first-order chi connectivity index (χ1) is 11.2. The molecule has 0 spiro atoms. The van der Waals surface area contributed by atoms with Crippen LogP contribution >= 0.6 is 0 Å². The van der Waals surface area contributed by atoms with Crippen LogP contribution in [0.3, 0.4) is 0 Å². The van der Waals surface area contributed by atoms with Gasteiger partial charge in [0.25, 0.3) is 5.56 Å². The Morgan fingerprint density at radius 2 is 1.96 bits per heavy atom. The molecule has 0 aliphatic heterocycles. The first-order valence-electron chi connectivity index (χ1n) is 8.15. The standard InChI is InChI=1S/C19H19N3O/c1-3-15-9-13-5-4-6-17(14-10-20-12(2)21-11-14)18(13)19(23)22(15)16-7-8-16/h4-6,9-11,16H,3,7-8H2,1-2H3. The number of aromatic nitrogens is 3. The molecular formula is C19H19N3O. The normalized spacial score (nSPS) is 14.3. The van der Waals surface area contributed by atoms with Gasteiger partial charge in [0.05, 0.1) is 5.39 Å². The summed E-state index contributed by atoms with van der Waals surface area (Å²) in [6, 6.07) is 8.54. The Balaban J connectivity index is 2.04. The van der Waals surface area contributed by atoms with Crippen LogP contribution in [-0.2, 0) is 6.42 Å². The molecule has 0 saturated heterocycles. The van der Waals surface area contributed by atoms with Crippen molar-refractivity contribution >= 4 is 10.8 Å². The summed E-state index contributed by atoms with van der Waals surface area (Å²) >= 11 is 0. The lowest BCUT2D eigenvalue weighted by Gasteiger charge is -2.14. The van der Waals surface area contributed by atoms with E-state index in [2.05, 4.69) is 23.0 Å². The van der Waals surface area contributed by atoms with Crippen LogP contribution in [0.15, 0.2) is 41.5 Å². The average Bonchev–Trinajstić information content (AvgIpc) is 3.39. The van der Waals surface area contributed by atoms with Crippen LogP contribution in [0.5, 0.6) is 0 Å². The van der Waals surface area contributed by atoms with E-state index in [0.29, 0.717) is 6.04 Å². The zero-order valence-corrected chi connectivity index (χ0v) is 13.4. The Labute approximate surface area is 134 Å². The predicted molar refractivity (Wildman–Crippen MR) is 91.6 cm³/mol. The van der Waals surface area contributed by atoms with Crippen molar-refractivity contribution < 1.29 is 0 Å². The first kappa shape index (κ1) is 14.1. The van der Waals surface area contributed by atoms with Crippen molar-refractivity contribution in [3.8, 4) is 11.1 Å². The van der Waals surface area contributed by atoms with Gasteiger partial charge in [0.1, 0.15) is 5.82 Å². The van der Waals surface area contributed by atoms with E-state index >= 15 is 0 Å². The second kappa shape index (κ2) is 5.30. The third-order valence-electron chi connectivity index (χ3n) is 4.53. The summed E-state index contributed by atoms with van der Waals surface area (Å²) in [5.41, 5.74) is 3.06. The number of hydrogen-bond donors (Lipinski definition) is 0. The third-order valence-corrected chi connectivity index (χ3v) is 4.53. The van der Waals surface area contributed by atoms with Crippen LogP contribution in [0.25, 0.3) is 21.9 Å². The molecule has 116 valence electrons. The molecule has 1 aliphatic carbocycles. The van der Waals surface area contributed by atoms with Crippen LogP contribution in [0, 0.1) is 6.92 Å². The predicted octanol–water partition coefficient (Wildman–Crippen LogP) is 3.66. The molecule has 2 aromatic heterocycles. The van der Waals surface area contributed by atoms with Gasteiger partial charge in [0.15, 0.2) is 0 Å². The average molecular weight is 305 g/mol. The maximum atomic E-state index is 13.2. The minimum atomic E-state index is 0.123. The lowest BCUT2D eigenvalue weighted by Crippen LogP contribution is -2.23. The highest BCUT2D eigenvalue weighted by Gasteiger charge is 2.27. The smallest absolute Gasteiger partial charge is 0.259 e. The number of aryl methyl sites for hydroxylation is 2. The minimum absolute atomic E-state index is 0.123. The summed E-state index contributed by atoms with van der Waals surface area (Å²) in [6.45, 7) is 3.97. The minimum Gasteiger partial charge on any atom is -0.309 e. The van der Waals surface area contributed by atoms with E-state index in [1.165, 1.54) is 0 Å². The zero-order valence-electron chi connectivity index (χ0n) is 13.4. The Kier molecular flexibility index (Phi) is 3.26. The molecule has 0 unspecified atom stereocenters. The molecular weight excluding hydrogens is 286 g/mol. The molecule has 1 saturated carbocycles. The van der Waals surface area contributed by atoms with Crippen molar-refractivity contribution in [3.05, 3.63) is 58.5 Å². The van der Waals surface area contributed by atoms with Gasteiger partial charge >= 0.3 is 0 Å². The van der Waals surface area contributed by atoms with E-state index in [4.69, 9.17) is 0 Å². The maximum Gasteiger partial charge on any atom is 0.259 e. The van der Waals surface area contributed by atoms with Gasteiger partial charge < -0.3 is 4.57 Å². The highest BCUT2D eigenvalue weighted by atomic mass is 16.1. The lowest BCUT2D eigenvalue weighted by molar-refractivity contribution is 0.670. The molecule has 0 atom stereocenters. The van der Waals surface area contributed by atoms with Crippen molar-refractivity contribution in [2.24, 2.45) is 0 Å². The van der Waals surface area contributed by atoms with E-state index in [9.17, 15) is 4.79 Å². The number of fused-ring (bicyclic) bond motifs is 1. The van der Waals surface area contributed by atoms with Crippen molar-refractivity contribution in [3.63, 3.8) is 0 Å². The van der Waals surface area contributed by atoms with E-state index in [0.717, 1.165) is 52.7 Å². The summed E-state index contributed by atoms with van der Waals surface area (Å²) in [5, 5.41) is 1.78. The summed E-state index contributed by atoms with van der Waals surface area (Å²) in [5.74, 6) is 0.734. The van der Waals surface area contributed by atoms with Gasteiger partial charge in [0.2, 0.25) is 0 Å². The van der Waals surface area contributed by atoms with Crippen LogP contribution in [0.4, 0.5) is 0 Å². The lowest BCUT2D eigenvalue weighted by atomic mass is 10.0. The monoisotopic (exact) mass is 305 g/mol. The topological polar surface area (TPSA) is 47.8 Å². The second-order valence-corrected chi connectivity index (χ2v) is 6.18. The molecule has 1 fully saturated rings. The van der Waals surface area contributed by atoms with Crippen LogP contribution in [-0.4, -0.2) is 14.5 Å². The fraction of sp³-hybridized carbons (Fsp3) is 0.316. The highest BCUT2D eigenvalue weighted by Crippen LogP contribution is 2.36. The third kappa shape index (κ3) is 2.34. The van der Waals surface area contributed by atoms with Crippen LogP contribution in [0.2, 0.25) is 0 Å². The summed E-state index contributed by atoms with van der Waals surface area (Å²) in [4.78, 5) is 21.7. The molecule has 4 nitrogen and oxygen atoms in total. The molecule has 0 amide bonds. The van der Waals surface area contributed by atoms with E-state index in [1.807, 2.05) is 29.7 Å². The molecule has 4 rings (SSSR count). The summed E-state index contributed by atoms with van der Waals surface area (Å²) in [6.07, 6.45) is 6.68. The van der Waals surface area contributed by atoms with Gasteiger partial charge in [-0.1, -0.05) is 25.1 Å². The van der Waals surface area contributed by atoms with Crippen molar-refractivity contribution in [2.45, 2.75) is 39.2 Å². The van der Waals surface area contributed by atoms with Crippen molar-refractivity contribution in [1.82, 2.24) is 14.5 Å². The summed E-state index contributed by atoms with van der Waals surface area (Å²) in [7, 11) is 0. The zero-order chi connectivity index (χ0) is 16.0. The van der Waals surface area contributed by atoms with E-state index in [-0.39, 0.29) is 5.56 Å². The van der Waals surface area contributed by atoms with Crippen LogP contribution in [0.1, 0.15) is 37.3 Å². The quantitative estimate of drug-likeness (QED) is 0.742. The fourth-order valence-electron chi connectivity index (χ4n) is 3.21. The van der Waals surface area contributed by atoms with Crippen LogP contribution < -0.4 is 5.56 Å². The van der Waals surface area contributed by atoms with Gasteiger partial charge in [-0.05, 0) is 43.2 Å². The van der Waals surface area contributed by atoms with Gasteiger partial charge in [-0.25, -0.2) is 9.97 Å². The SMILES string of the molecule is CCc1cc2cccc(-c3cnc(C)nc3)c2c(=O)n1C1CC1. The first-order valence-corrected chi connectivity index (χ1v) is 8.15. The van der Waals surface area contributed by atoms with Crippen molar-refractivity contribution in [2.75, 3.05) is 0 Å². The fourth-order valence-corrected chi connectivity index (χ4v) is 3.21. The van der Waals surface area contributed by atoms with Gasteiger partial charge in [-0.2, -0.15) is 0 Å². The highest BCUT2D eigenvalue weighted by molar-refractivity contribution is 5.96. The van der Waals surface area contributed by atoms with Gasteiger partial charge in [-0.15, -0.1) is 0 Å². The van der Waals surface area contributed by atoms with Gasteiger partial charge in [0, 0.05) is 29.7 Å².